The van der Waals surface area contributed by atoms with Crippen LogP contribution in [0.3, 0.4) is 0 Å². The van der Waals surface area contributed by atoms with Gasteiger partial charge in [-0.25, -0.2) is 8.42 Å². The van der Waals surface area contributed by atoms with Gasteiger partial charge in [0.2, 0.25) is 11.8 Å². The Bertz CT molecular complexity index is 1480. The largest absolute Gasteiger partial charge is 0.493 e. The molecule has 0 aliphatic heterocycles. The highest BCUT2D eigenvalue weighted by atomic mass is 35.5. The van der Waals surface area contributed by atoms with E-state index in [1.807, 2.05) is 6.92 Å². The van der Waals surface area contributed by atoms with Crippen molar-refractivity contribution in [1.29, 1.82) is 0 Å². The molecule has 0 saturated heterocycles. The molecule has 2 amide bonds. The summed E-state index contributed by atoms with van der Waals surface area (Å²) >= 11 is 12.8. The molecular weight excluding hydrogens is 589 g/mol. The average molecular weight is 623 g/mol. The third-order valence-corrected chi connectivity index (χ3v) is 9.06. The first-order valence-electron chi connectivity index (χ1n) is 12.7. The lowest BCUT2D eigenvalue weighted by Gasteiger charge is -2.33. The van der Waals surface area contributed by atoms with Crippen LogP contribution in [0.2, 0.25) is 10.0 Å². The number of amides is 2. The molecule has 0 aliphatic carbocycles. The molecule has 220 valence electrons. The lowest BCUT2D eigenvalue weighted by molar-refractivity contribution is -0.140. The van der Waals surface area contributed by atoms with Crippen LogP contribution in [0.4, 0.5) is 5.69 Å². The van der Waals surface area contributed by atoms with E-state index in [1.165, 1.54) is 50.4 Å². The number of halogens is 2. The lowest BCUT2D eigenvalue weighted by atomic mass is 10.1. The Morgan fingerprint density at radius 1 is 0.951 bits per heavy atom. The molecule has 0 aromatic heterocycles. The molecule has 0 bridgehead atoms. The molecule has 3 aromatic carbocycles. The summed E-state index contributed by atoms with van der Waals surface area (Å²) in [5, 5.41) is 3.20. The highest BCUT2D eigenvalue weighted by molar-refractivity contribution is 7.92. The zero-order valence-electron chi connectivity index (χ0n) is 23.5. The molecule has 0 fully saturated rings. The summed E-state index contributed by atoms with van der Waals surface area (Å²) in [6.07, 6.45) is 0.258. The summed E-state index contributed by atoms with van der Waals surface area (Å²) in [5.41, 5.74) is 1.47. The Balaban J connectivity index is 2.15. The number of aryl methyl sites for hydroxylation is 1. The topological polar surface area (TPSA) is 105 Å². The standard InChI is InChI=1S/C29H33Cl2N3O6S/c1-6-25(29(36)32-3)33(17-22-23(30)8-7-9-24(22)31)28(35)18-34(20-12-15-26(39-4)27(16-20)40-5)41(37,38)21-13-10-19(2)11-14-21/h7-16,25H,6,17-18H2,1-5H3,(H,32,36)/t25-/m0/s1. The number of rotatable bonds is 12. The molecule has 12 heteroatoms. The van der Waals surface area contributed by atoms with E-state index < -0.39 is 34.4 Å². The summed E-state index contributed by atoms with van der Waals surface area (Å²) in [6.45, 7) is 2.85. The number of benzene rings is 3. The van der Waals surface area contributed by atoms with E-state index in [1.54, 1.807) is 43.3 Å². The maximum Gasteiger partial charge on any atom is 0.264 e. The molecular formula is C29H33Cl2N3O6S. The fourth-order valence-corrected chi connectivity index (χ4v) is 6.21. The molecule has 41 heavy (non-hydrogen) atoms. The average Bonchev–Trinajstić information content (AvgIpc) is 2.96. The van der Waals surface area contributed by atoms with Gasteiger partial charge in [0.25, 0.3) is 10.0 Å². The molecule has 3 aromatic rings. The minimum Gasteiger partial charge on any atom is -0.493 e. The lowest BCUT2D eigenvalue weighted by Crippen LogP contribution is -2.51. The fraction of sp³-hybridized carbons (Fsp3) is 0.310. The van der Waals surface area contributed by atoms with Crippen LogP contribution >= 0.6 is 23.2 Å². The maximum atomic E-state index is 14.1. The van der Waals surface area contributed by atoms with Crippen molar-refractivity contribution in [1.82, 2.24) is 10.2 Å². The number of ether oxygens (including phenoxy) is 2. The van der Waals surface area contributed by atoms with Gasteiger partial charge >= 0.3 is 0 Å². The number of sulfonamides is 1. The molecule has 0 aliphatic rings. The van der Waals surface area contributed by atoms with E-state index in [0.717, 1.165) is 9.87 Å². The first-order valence-corrected chi connectivity index (χ1v) is 14.9. The molecule has 9 nitrogen and oxygen atoms in total. The van der Waals surface area contributed by atoms with Crippen molar-refractivity contribution < 1.29 is 27.5 Å². The van der Waals surface area contributed by atoms with Crippen molar-refractivity contribution in [2.75, 3.05) is 32.1 Å². The van der Waals surface area contributed by atoms with Crippen LogP contribution < -0.4 is 19.1 Å². The number of nitrogens with zero attached hydrogens (tertiary/aromatic N) is 2. The van der Waals surface area contributed by atoms with Crippen LogP contribution in [0.5, 0.6) is 11.5 Å². The number of hydrogen-bond donors (Lipinski definition) is 1. The van der Waals surface area contributed by atoms with E-state index in [2.05, 4.69) is 5.32 Å². The Hall–Kier alpha value is -3.47. The molecule has 0 saturated carbocycles. The van der Waals surface area contributed by atoms with E-state index in [4.69, 9.17) is 32.7 Å². The van der Waals surface area contributed by atoms with E-state index >= 15 is 0 Å². The molecule has 3 rings (SSSR count). The number of methoxy groups -OCH3 is 2. The van der Waals surface area contributed by atoms with Gasteiger partial charge in [0.1, 0.15) is 12.6 Å². The van der Waals surface area contributed by atoms with Gasteiger partial charge < -0.3 is 19.7 Å². The van der Waals surface area contributed by atoms with E-state index in [0.29, 0.717) is 21.4 Å². The molecule has 0 heterocycles. The van der Waals surface area contributed by atoms with Crippen molar-refractivity contribution in [2.45, 2.75) is 37.8 Å². The number of anilines is 1. The number of carbonyl (C=O) groups is 2. The van der Waals surface area contributed by atoms with Crippen molar-refractivity contribution in [3.8, 4) is 11.5 Å². The summed E-state index contributed by atoms with van der Waals surface area (Å²) in [7, 11) is 0.0996. The van der Waals surface area contributed by atoms with Gasteiger partial charge in [-0.2, -0.15) is 0 Å². The summed E-state index contributed by atoms with van der Waals surface area (Å²) in [4.78, 5) is 28.2. The van der Waals surface area contributed by atoms with Gasteiger partial charge in [0.05, 0.1) is 24.8 Å². The number of nitrogens with one attached hydrogen (secondary N) is 1. The van der Waals surface area contributed by atoms with Gasteiger partial charge in [-0.3, -0.25) is 13.9 Å². The van der Waals surface area contributed by atoms with Crippen molar-refractivity contribution >= 4 is 50.7 Å². The van der Waals surface area contributed by atoms with Gasteiger partial charge in [-0.15, -0.1) is 0 Å². The van der Waals surface area contributed by atoms with Crippen LogP contribution in [0.1, 0.15) is 24.5 Å². The number of hydrogen-bond acceptors (Lipinski definition) is 6. The van der Waals surface area contributed by atoms with E-state index in [-0.39, 0.29) is 29.3 Å². The maximum absolute atomic E-state index is 14.1. The summed E-state index contributed by atoms with van der Waals surface area (Å²) in [5.74, 6) is -0.390. The van der Waals surface area contributed by atoms with Crippen molar-refractivity contribution in [2.24, 2.45) is 0 Å². The summed E-state index contributed by atoms with van der Waals surface area (Å²) < 4.78 is 39.7. The zero-order valence-corrected chi connectivity index (χ0v) is 25.8. The smallest absolute Gasteiger partial charge is 0.264 e. The normalized spacial score (nSPS) is 11.9. The van der Waals surface area contributed by atoms with Crippen LogP contribution in [-0.4, -0.2) is 59.0 Å². The Morgan fingerprint density at radius 3 is 2.10 bits per heavy atom. The fourth-order valence-electron chi connectivity index (χ4n) is 4.29. The Morgan fingerprint density at radius 2 is 1.56 bits per heavy atom. The third-order valence-electron chi connectivity index (χ3n) is 6.57. The van der Waals surface area contributed by atoms with E-state index in [9.17, 15) is 18.0 Å². The molecule has 0 unspecified atom stereocenters. The SMILES string of the molecule is CC[C@@H](C(=O)NC)N(Cc1c(Cl)cccc1Cl)C(=O)CN(c1ccc(OC)c(OC)c1)S(=O)(=O)c1ccc(C)cc1. The Kier molecular flexibility index (Phi) is 10.9. The number of likely N-dealkylation sites (N-methyl/N-ethyl adjacent to an activating group) is 1. The second-order valence-electron chi connectivity index (χ2n) is 9.12. The van der Waals surface area contributed by atoms with Crippen LogP contribution in [0, 0.1) is 6.92 Å². The number of carbonyl (C=O) groups excluding carboxylic acids is 2. The minimum atomic E-state index is -4.25. The van der Waals surface area contributed by atoms with Crippen molar-refractivity contribution in [3.63, 3.8) is 0 Å². The summed E-state index contributed by atoms with van der Waals surface area (Å²) in [6, 6.07) is 14.8. The predicted molar refractivity (Wildman–Crippen MR) is 160 cm³/mol. The molecule has 0 radical (unpaired) electrons. The van der Waals surface area contributed by atoms with Gasteiger partial charge in [0, 0.05) is 35.3 Å². The molecule has 0 spiro atoms. The van der Waals surface area contributed by atoms with Gasteiger partial charge in [-0.05, 0) is 49.7 Å². The van der Waals surface area contributed by atoms with Crippen LogP contribution in [0.25, 0.3) is 0 Å². The second-order valence-corrected chi connectivity index (χ2v) is 11.8. The van der Waals surface area contributed by atoms with Gasteiger partial charge in [0.15, 0.2) is 11.5 Å². The van der Waals surface area contributed by atoms with Crippen LogP contribution in [-0.2, 0) is 26.2 Å². The highest BCUT2D eigenvalue weighted by Gasteiger charge is 2.34. The monoisotopic (exact) mass is 621 g/mol. The third kappa shape index (κ3) is 7.25. The second kappa shape index (κ2) is 13.9. The molecule has 1 atom stereocenters. The van der Waals surface area contributed by atoms with Crippen LogP contribution in [0.15, 0.2) is 65.6 Å². The van der Waals surface area contributed by atoms with Crippen molar-refractivity contribution in [3.05, 3.63) is 81.8 Å². The highest BCUT2D eigenvalue weighted by Crippen LogP contribution is 2.34. The molecule has 1 N–H and O–H groups in total. The first kappa shape index (κ1) is 32.0. The van der Waals surface area contributed by atoms with Gasteiger partial charge in [-0.1, -0.05) is 53.9 Å². The Labute approximate surface area is 251 Å². The first-order chi connectivity index (χ1) is 19.5. The minimum absolute atomic E-state index is 0.00951. The predicted octanol–water partition coefficient (Wildman–Crippen LogP) is 5.07. The zero-order chi connectivity index (χ0) is 30.3. The quantitative estimate of drug-likeness (QED) is 0.303.